The molecule has 0 spiro atoms. The van der Waals surface area contributed by atoms with E-state index in [4.69, 9.17) is 16.3 Å². The quantitative estimate of drug-likeness (QED) is 0.440. The van der Waals surface area contributed by atoms with Crippen LogP contribution in [0.25, 0.3) is 5.65 Å². The minimum absolute atomic E-state index is 0.104. The molecule has 0 saturated carbocycles. The Morgan fingerprint density at radius 1 is 1.06 bits per heavy atom. The van der Waals surface area contributed by atoms with Crippen molar-refractivity contribution >= 4 is 34.7 Å². The van der Waals surface area contributed by atoms with Crippen molar-refractivity contribution in [3.05, 3.63) is 99.1 Å². The van der Waals surface area contributed by atoms with Gasteiger partial charge in [0.05, 0.1) is 10.7 Å². The number of rotatable bonds is 5. The topological polar surface area (TPSA) is 84.7 Å². The van der Waals surface area contributed by atoms with Crippen molar-refractivity contribution in [3.8, 4) is 5.75 Å². The molecule has 2 aromatic carbocycles. The number of nitrogens with one attached hydrogen (secondary N) is 2. The molecule has 0 radical (unpaired) electrons. The zero-order valence-corrected chi connectivity index (χ0v) is 18.3. The van der Waals surface area contributed by atoms with E-state index >= 15 is 0 Å². The Morgan fingerprint density at radius 2 is 1.88 bits per heavy atom. The minimum Gasteiger partial charge on any atom is -0.487 e. The fourth-order valence-electron chi connectivity index (χ4n) is 3.19. The van der Waals surface area contributed by atoms with Gasteiger partial charge < -0.3 is 15.4 Å². The number of amides is 2. The maximum atomic E-state index is 12.4. The van der Waals surface area contributed by atoms with Crippen LogP contribution in [-0.4, -0.2) is 15.4 Å². The summed E-state index contributed by atoms with van der Waals surface area (Å²) in [6, 6.07) is 17.2. The van der Waals surface area contributed by atoms with Crippen molar-refractivity contribution in [1.82, 2.24) is 9.38 Å². The summed E-state index contributed by atoms with van der Waals surface area (Å²) in [6.45, 7) is 4.06. The van der Waals surface area contributed by atoms with Crippen LogP contribution in [0, 0.1) is 13.8 Å². The first-order chi connectivity index (χ1) is 15.4. The van der Waals surface area contributed by atoms with Crippen LogP contribution in [-0.2, 0) is 6.61 Å². The number of anilines is 2. The van der Waals surface area contributed by atoms with E-state index < -0.39 is 0 Å². The van der Waals surface area contributed by atoms with Gasteiger partial charge in [-0.25, -0.2) is 9.78 Å². The second-order valence-electron chi connectivity index (χ2n) is 7.30. The third-order valence-electron chi connectivity index (χ3n) is 5.01. The zero-order chi connectivity index (χ0) is 22.7. The highest BCUT2D eigenvalue weighted by Gasteiger charge is 2.08. The van der Waals surface area contributed by atoms with E-state index in [-0.39, 0.29) is 18.2 Å². The molecule has 0 aliphatic heterocycles. The van der Waals surface area contributed by atoms with Crippen molar-refractivity contribution in [2.45, 2.75) is 20.5 Å². The molecule has 32 heavy (non-hydrogen) atoms. The normalized spacial score (nSPS) is 10.7. The van der Waals surface area contributed by atoms with E-state index in [1.54, 1.807) is 36.4 Å². The first-order valence-corrected chi connectivity index (χ1v) is 10.3. The summed E-state index contributed by atoms with van der Waals surface area (Å²) < 4.78 is 7.17. The van der Waals surface area contributed by atoms with Crippen molar-refractivity contribution in [2.24, 2.45) is 0 Å². The third-order valence-corrected chi connectivity index (χ3v) is 5.23. The van der Waals surface area contributed by atoms with E-state index in [0.29, 0.717) is 27.8 Å². The first-order valence-electron chi connectivity index (χ1n) is 9.94. The maximum absolute atomic E-state index is 12.4. The molecular formula is C24H21ClN4O3. The summed E-state index contributed by atoms with van der Waals surface area (Å²) in [5.41, 5.74) is 4.18. The zero-order valence-electron chi connectivity index (χ0n) is 17.6. The van der Waals surface area contributed by atoms with Gasteiger partial charge in [0.15, 0.2) is 0 Å². The van der Waals surface area contributed by atoms with Gasteiger partial charge in [-0.05, 0) is 55.3 Å². The van der Waals surface area contributed by atoms with E-state index in [9.17, 15) is 9.59 Å². The number of carbonyl (C=O) groups is 1. The van der Waals surface area contributed by atoms with Gasteiger partial charge in [0, 0.05) is 29.7 Å². The highest BCUT2D eigenvalue weighted by atomic mass is 35.5. The summed E-state index contributed by atoms with van der Waals surface area (Å²) in [5, 5.41) is 6.11. The van der Waals surface area contributed by atoms with E-state index in [1.165, 1.54) is 16.7 Å². The summed E-state index contributed by atoms with van der Waals surface area (Å²) in [6.07, 6.45) is 1.52. The number of aryl methyl sites for hydroxylation is 1. The highest BCUT2D eigenvalue weighted by Crippen LogP contribution is 2.21. The summed E-state index contributed by atoms with van der Waals surface area (Å²) >= 11 is 5.94. The third kappa shape index (κ3) is 4.90. The van der Waals surface area contributed by atoms with Crippen LogP contribution < -0.4 is 20.9 Å². The number of benzene rings is 2. The molecule has 162 valence electrons. The van der Waals surface area contributed by atoms with Gasteiger partial charge in [0.1, 0.15) is 18.0 Å². The lowest BCUT2D eigenvalue weighted by Gasteiger charge is -2.12. The van der Waals surface area contributed by atoms with Gasteiger partial charge in [0.2, 0.25) is 0 Å². The van der Waals surface area contributed by atoms with Gasteiger partial charge in [0.25, 0.3) is 5.56 Å². The van der Waals surface area contributed by atoms with E-state index in [2.05, 4.69) is 15.6 Å². The number of carbonyl (C=O) groups excluding carboxylic acids is 1. The summed E-state index contributed by atoms with van der Waals surface area (Å²) in [4.78, 5) is 29.1. The molecular weight excluding hydrogens is 428 g/mol. The lowest BCUT2D eigenvalue weighted by atomic mass is 10.1. The largest absolute Gasteiger partial charge is 0.487 e. The molecule has 0 aliphatic rings. The maximum Gasteiger partial charge on any atom is 0.323 e. The highest BCUT2D eigenvalue weighted by molar-refractivity contribution is 6.30. The van der Waals surface area contributed by atoms with Crippen LogP contribution in [0.2, 0.25) is 5.02 Å². The molecule has 2 amide bonds. The Bertz CT molecular complexity index is 1370. The molecule has 8 heteroatoms. The molecule has 4 rings (SSSR count). The standard InChI is InChI=1S/C24H21ClN4O3/c1-15-5-3-8-21(16(15)2)28-24(31)27-18-6-4-7-20(11-18)32-14-19-12-23(30)29-13-17(25)9-10-22(29)26-19/h3-13H,14H2,1-2H3,(H2,27,28,31). The lowest BCUT2D eigenvalue weighted by Crippen LogP contribution is -2.20. The van der Waals surface area contributed by atoms with Crippen LogP contribution in [0.1, 0.15) is 16.8 Å². The second kappa shape index (κ2) is 9.11. The molecule has 2 heterocycles. The molecule has 0 atom stereocenters. The van der Waals surface area contributed by atoms with Crippen molar-refractivity contribution < 1.29 is 9.53 Å². The van der Waals surface area contributed by atoms with Gasteiger partial charge in [-0.3, -0.25) is 9.20 Å². The van der Waals surface area contributed by atoms with Crippen LogP contribution in [0.5, 0.6) is 5.75 Å². The number of ether oxygens (including phenoxy) is 1. The number of aromatic nitrogens is 2. The Hall–Kier alpha value is -3.84. The number of nitrogens with zero attached hydrogens (tertiary/aromatic N) is 2. The average Bonchev–Trinajstić information content (AvgIpc) is 2.76. The van der Waals surface area contributed by atoms with Gasteiger partial charge >= 0.3 is 6.03 Å². The summed E-state index contributed by atoms with van der Waals surface area (Å²) in [7, 11) is 0. The predicted molar refractivity (Wildman–Crippen MR) is 126 cm³/mol. The lowest BCUT2D eigenvalue weighted by molar-refractivity contribution is 0.262. The SMILES string of the molecule is Cc1cccc(NC(=O)Nc2cccc(OCc3cc(=O)n4cc(Cl)ccc4n3)c2)c1C. The fourth-order valence-corrected chi connectivity index (χ4v) is 3.35. The van der Waals surface area contributed by atoms with Crippen molar-refractivity contribution in [1.29, 1.82) is 0 Å². The molecule has 0 aliphatic carbocycles. The van der Waals surface area contributed by atoms with Gasteiger partial charge in [-0.2, -0.15) is 0 Å². The van der Waals surface area contributed by atoms with Crippen molar-refractivity contribution in [3.63, 3.8) is 0 Å². The molecule has 0 bridgehead atoms. The Morgan fingerprint density at radius 3 is 2.72 bits per heavy atom. The molecule has 7 nitrogen and oxygen atoms in total. The number of urea groups is 1. The number of pyridine rings is 1. The van der Waals surface area contributed by atoms with Crippen LogP contribution >= 0.6 is 11.6 Å². The van der Waals surface area contributed by atoms with E-state index in [1.807, 2.05) is 32.0 Å². The summed E-state index contributed by atoms with van der Waals surface area (Å²) in [5.74, 6) is 0.535. The first kappa shape index (κ1) is 21.4. The van der Waals surface area contributed by atoms with Gasteiger partial charge in [-0.1, -0.05) is 29.8 Å². The number of fused-ring (bicyclic) bond motifs is 1. The monoisotopic (exact) mass is 448 g/mol. The Balaban J connectivity index is 1.42. The van der Waals surface area contributed by atoms with Gasteiger partial charge in [-0.15, -0.1) is 0 Å². The molecule has 4 aromatic rings. The minimum atomic E-state index is -0.348. The van der Waals surface area contributed by atoms with Crippen molar-refractivity contribution in [2.75, 3.05) is 10.6 Å². The average molecular weight is 449 g/mol. The van der Waals surface area contributed by atoms with Crippen LogP contribution in [0.3, 0.4) is 0 Å². The molecule has 0 saturated heterocycles. The molecule has 0 fully saturated rings. The molecule has 0 unspecified atom stereocenters. The number of halogens is 1. The Kier molecular flexibility index (Phi) is 6.09. The fraction of sp³-hybridized carbons (Fsp3) is 0.125. The van der Waals surface area contributed by atoms with Crippen LogP contribution in [0.4, 0.5) is 16.2 Å². The van der Waals surface area contributed by atoms with Crippen LogP contribution in [0.15, 0.2) is 71.7 Å². The molecule has 2 N–H and O–H groups in total. The number of hydrogen-bond acceptors (Lipinski definition) is 4. The number of hydrogen-bond donors (Lipinski definition) is 2. The van der Waals surface area contributed by atoms with E-state index in [0.717, 1.165) is 16.8 Å². The predicted octanol–water partition coefficient (Wildman–Crippen LogP) is 5.19. The second-order valence-corrected chi connectivity index (χ2v) is 7.74. The smallest absolute Gasteiger partial charge is 0.323 e. The Labute approximate surface area is 189 Å². The molecule has 2 aromatic heterocycles.